The van der Waals surface area contributed by atoms with Crippen LogP contribution in [0.5, 0.6) is 0 Å². The number of hydrogen-bond donors (Lipinski definition) is 0. The van der Waals surface area contributed by atoms with Gasteiger partial charge in [-0.1, -0.05) is 65.8 Å². The minimum Gasteiger partial charge on any atom is -0.268 e. The van der Waals surface area contributed by atoms with E-state index in [2.05, 4.69) is 10.2 Å². The lowest BCUT2D eigenvalue weighted by Gasteiger charge is -2.13. The minimum absolute atomic E-state index is 0.103. The maximum Gasteiger partial charge on any atom is 0.267 e. The monoisotopic (exact) mass is 432 g/mol. The standard InChI is InChI=1S/C23H17ClN4OS/c1-15-6-2-4-8-19(15)27-21(29)18-7-3-5-9-20(18)28-22(27)25-26-23(28)30-14-16-10-12-17(24)13-11-16/h2-13H,14H2,1H3. The molecule has 0 atom stereocenters. The fraction of sp³-hybridized carbons (Fsp3) is 0.0870. The highest BCUT2D eigenvalue weighted by Gasteiger charge is 2.18. The maximum absolute atomic E-state index is 13.4. The summed E-state index contributed by atoms with van der Waals surface area (Å²) in [6.07, 6.45) is 0. The number of aromatic nitrogens is 4. The van der Waals surface area contributed by atoms with Gasteiger partial charge in [0.1, 0.15) is 0 Å². The molecular weight excluding hydrogens is 416 g/mol. The Bertz CT molecular complexity index is 1440. The first kappa shape index (κ1) is 18.9. The molecule has 3 aromatic carbocycles. The Kier molecular flexibility index (Phi) is 4.81. The van der Waals surface area contributed by atoms with Crippen molar-refractivity contribution in [2.75, 3.05) is 0 Å². The molecular formula is C23H17ClN4OS. The molecule has 5 aromatic rings. The number of rotatable bonds is 4. The van der Waals surface area contributed by atoms with Gasteiger partial charge in [0.05, 0.1) is 16.6 Å². The number of thioether (sulfide) groups is 1. The van der Waals surface area contributed by atoms with Crippen molar-refractivity contribution >= 4 is 40.0 Å². The van der Waals surface area contributed by atoms with Crippen LogP contribution in [0.15, 0.2) is 82.7 Å². The highest BCUT2D eigenvalue weighted by atomic mass is 35.5. The largest absolute Gasteiger partial charge is 0.268 e. The molecule has 2 aromatic heterocycles. The molecule has 0 bridgehead atoms. The number of para-hydroxylation sites is 2. The van der Waals surface area contributed by atoms with Crippen molar-refractivity contribution in [1.82, 2.24) is 19.2 Å². The van der Waals surface area contributed by atoms with Gasteiger partial charge in [-0.15, -0.1) is 10.2 Å². The van der Waals surface area contributed by atoms with Crippen LogP contribution in [0.4, 0.5) is 0 Å². The first-order valence-electron chi connectivity index (χ1n) is 9.45. The van der Waals surface area contributed by atoms with E-state index >= 15 is 0 Å². The van der Waals surface area contributed by atoms with E-state index in [4.69, 9.17) is 11.6 Å². The third-order valence-electron chi connectivity index (χ3n) is 5.03. The van der Waals surface area contributed by atoms with Crippen molar-refractivity contribution in [3.63, 3.8) is 0 Å². The van der Waals surface area contributed by atoms with Gasteiger partial charge in [-0.05, 0) is 48.4 Å². The average Bonchev–Trinajstić information content (AvgIpc) is 3.18. The van der Waals surface area contributed by atoms with Gasteiger partial charge in [0.2, 0.25) is 5.78 Å². The summed E-state index contributed by atoms with van der Waals surface area (Å²) in [7, 11) is 0. The summed E-state index contributed by atoms with van der Waals surface area (Å²) in [4.78, 5) is 13.4. The molecule has 0 aliphatic carbocycles. The molecule has 0 aliphatic heterocycles. The minimum atomic E-state index is -0.103. The first-order valence-corrected chi connectivity index (χ1v) is 10.8. The van der Waals surface area contributed by atoms with E-state index in [1.807, 2.05) is 84.1 Å². The molecule has 0 unspecified atom stereocenters. The Hall–Kier alpha value is -3.09. The summed E-state index contributed by atoms with van der Waals surface area (Å²) in [6, 6.07) is 23.1. The fourth-order valence-corrected chi connectivity index (χ4v) is 4.55. The normalized spacial score (nSPS) is 11.4. The molecule has 0 radical (unpaired) electrons. The second kappa shape index (κ2) is 7.63. The highest BCUT2D eigenvalue weighted by Crippen LogP contribution is 2.26. The van der Waals surface area contributed by atoms with Gasteiger partial charge < -0.3 is 0 Å². The predicted octanol–water partition coefficient (Wildman–Crippen LogP) is 5.29. The van der Waals surface area contributed by atoms with Crippen molar-refractivity contribution in [1.29, 1.82) is 0 Å². The Morgan fingerprint density at radius 1 is 0.933 bits per heavy atom. The van der Waals surface area contributed by atoms with Crippen molar-refractivity contribution < 1.29 is 0 Å². The van der Waals surface area contributed by atoms with E-state index in [0.717, 1.165) is 33.2 Å². The van der Waals surface area contributed by atoms with Gasteiger partial charge in [-0.2, -0.15) is 0 Å². The molecule has 0 amide bonds. The first-order chi connectivity index (χ1) is 14.6. The van der Waals surface area contributed by atoms with E-state index in [0.29, 0.717) is 16.2 Å². The van der Waals surface area contributed by atoms with E-state index < -0.39 is 0 Å². The third-order valence-corrected chi connectivity index (χ3v) is 6.28. The van der Waals surface area contributed by atoms with Crippen LogP contribution < -0.4 is 5.56 Å². The molecule has 0 N–H and O–H groups in total. The highest BCUT2D eigenvalue weighted by molar-refractivity contribution is 7.98. The van der Waals surface area contributed by atoms with Gasteiger partial charge in [0.25, 0.3) is 5.56 Å². The van der Waals surface area contributed by atoms with Crippen LogP contribution in [0.2, 0.25) is 5.02 Å². The summed E-state index contributed by atoms with van der Waals surface area (Å²) < 4.78 is 3.61. The van der Waals surface area contributed by atoms with Crippen molar-refractivity contribution in [2.24, 2.45) is 0 Å². The lowest BCUT2D eigenvalue weighted by Crippen LogP contribution is -2.22. The van der Waals surface area contributed by atoms with Gasteiger partial charge in [0, 0.05) is 10.8 Å². The zero-order chi connectivity index (χ0) is 20.7. The molecule has 5 rings (SSSR count). The molecule has 148 valence electrons. The Morgan fingerprint density at radius 2 is 1.67 bits per heavy atom. The molecule has 0 spiro atoms. The number of fused-ring (bicyclic) bond motifs is 3. The van der Waals surface area contributed by atoms with Gasteiger partial charge in [0.15, 0.2) is 5.16 Å². The molecule has 5 nitrogen and oxygen atoms in total. The van der Waals surface area contributed by atoms with Crippen LogP contribution in [0.1, 0.15) is 11.1 Å². The smallest absolute Gasteiger partial charge is 0.267 e. The van der Waals surface area contributed by atoms with Crippen LogP contribution in [-0.4, -0.2) is 19.2 Å². The van der Waals surface area contributed by atoms with Crippen molar-refractivity contribution in [2.45, 2.75) is 17.8 Å². The fourth-order valence-electron chi connectivity index (χ4n) is 3.53. The van der Waals surface area contributed by atoms with Gasteiger partial charge in [-0.3, -0.25) is 9.20 Å². The Balaban J connectivity index is 1.72. The topological polar surface area (TPSA) is 52.2 Å². The number of aryl methyl sites for hydroxylation is 1. The molecule has 2 heterocycles. The summed E-state index contributed by atoms with van der Waals surface area (Å²) in [6.45, 7) is 1.99. The van der Waals surface area contributed by atoms with Crippen LogP contribution >= 0.6 is 23.4 Å². The molecule has 7 heteroatoms. The van der Waals surface area contributed by atoms with Gasteiger partial charge in [-0.25, -0.2) is 4.57 Å². The summed E-state index contributed by atoms with van der Waals surface area (Å²) in [5, 5.41) is 10.9. The summed E-state index contributed by atoms with van der Waals surface area (Å²) in [5.74, 6) is 1.22. The van der Waals surface area contributed by atoms with Crippen LogP contribution in [0.3, 0.4) is 0 Å². The maximum atomic E-state index is 13.4. The van der Waals surface area contributed by atoms with Crippen molar-refractivity contribution in [3.8, 4) is 5.69 Å². The Morgan fingerprint density at radius 3 is 2.47 bits per heavy atom. The van der Waals surface area contributed by atoms with Crippen LogP contribution in [0, 0.1) is 6.92 Å². The van der Waals surface area contributed by atoms with Crippen LogP contribution in [-0.2, 0) is 5.75 Å². The van der Waals surface area contributed by atoms with E-state index in [1.54, 1.807) is 16.3 Å². The molecule has 0 aliphatic rings. The SMILES string of the molecule is Cc1ccccc1-n1c(=O)c2ccccc2n2c(SCc3ccc(Cl)cc3)nnc12. The number of benzene rings is 3. The number of nitrogens with zero attached hydrogens (tertiary/aromatic N) is 4. The summed E-state index contributed by atoms with van der Waals surface area (Å²) >= 11 is 7.57. The van der Waals surface area contributed by atoms with Gasteiger partial charge >= 0.3 is 0 Å². The number of halogens is 1. The zero-order valence-corrected chi connectivity index (χ0v) is 17.7. The molecule has 0 saturated heterocycles. The van der Waals surface area contributed by atoms with E-state index in [-0.39, 0.29) is 5.56 Å². The molecule has 30 heavy (non-hydrogen) atoms. The van der Waals surface area contributed by atoms with E-state index in [1.165, 1.54) is 0 Å². The average molecular weight is 433 g/mol. The molecule has 0 saturated carbocycles. The van der Waals surface area contributed by atoms with E-state index in [9.17, 15) is 4.79 Å². The zero-order valence-electron chi connectivity index (χ0n) is 16.1. The third kappa shape index (κ3) is 3.18. The predicted molar refractivity (Wildman–Crippen MR) is 122 cm³/mol. The van der Waals surface area contributed by atoms with Crippen LogP contribution in [0.25, 0.3) is 22.4 Å². The second-order valence-corrected chi connectivity index (χ2v) is 8.36. The lowest BCUT2D eigenvalue weighted by molar-refractivity contribution is 0.928. The number of hydrogen-bond acceptors (Lipinski definition) is 4. The van der Waals surface area contributed by atoms with Crippen molar-refractivity contribution in [3.05, 3.63) is 99.3 Å². The Labute approximate surface area is 182 Å². The quantitative estimate of drug-likeness (QED) is 0.362. The lowest BCUT2D eigenvalue weighted by atomic mass is 10.2. The summed E-state index contributed by atoms with van der Waals surface area (Å²) in [5.41, 5.74) is 3.63. The molecule has 0 fully saturated rings. The second-order valence-electron chi connectivity index (χ2n) is 6.98.